The van der Waals surface area contributed by atoms with Gasteiger partial charge < -0.3 is 0 Å². The van der Waals surface area contributed by atoms with Crippen LogP contribution in [-0.2, 0) is 12.8 Å². The van der Waals surface area contributed by atoms with E-state index >= 15 is 0 Å². The minimum absolute atomic E-state index is 0.775. The van der Waals surface area contributed by atoms with Gasteiger partial charge >= 0.3 is 0 Å². The molecule has 1 heterocycles. The predicted molar refractivity (Wildman–Crippen MR) is 113 cm³/mol. The van der Waals surface area contributed by atoms with Crippen molar-refractivity contribution in [3.8, 4) is 33.9 Å². The summed E-state index contributed by atoms with van der Waals surface area (Å²) in [7, 11) is 0. The minimum Gasteiger partial charge on any atom is -0.228 e. The quantitative estimate of drug-likeness (QED) is 0.383. The van der Waals surface area contributed by atoms with Gasteiger partial charge in [0.2, 0.25) is 0 Å². The summed E-state index contributed by atoms with van der Waals surface area (Å²) in [6.07, 6.45) is 2.00. The van der Waals surface area contributed by atoms with E-state index in [9.17, 15) is 0 Å². The van der Waals surface area contributed by atoms with Crippen LogP contribution in [0.5, 0.6) is 0 Å². The van der Waals surface area contributed by atoms with Crippen LogP contribution in [0.4, 0.5) is 0 Å². The molecule has 0 saturated carbocycles. The number of hydrogen-bond donors (Lipinski definition) is 0. The zero-order chi connectivity index (χ0) is 18.2. The van der Waals surface area contributed by atoms with Crippen LogP contribution in [0, 0.1) is 0 Å². The summed E-state index contributed by atoms with van der Waals surface area (Å²) in [6.45, 7) is 0. The highest BCUT2D eigenvalue weighted by molar-refractivity contribution is 9.10. The zero-order valence-electron chi connectivity index (χ0n) is 14.7. The van der Waals surface area contributed by atoms with E-state index in [1.807, 2.05) is 18.2 Å². The highest BCUT2D eigenvalue weighted by Crippen LogP contribution is 2.38. The maximum absolute atomic E-state index is 5.01. The molecule has 4 aromatic rings. The molecule has 27 heavy (non-hydrogen) atoms. The average Bonchev–Trinajstić information content (AvgIpc) is 2.74. The topological polar surface area (TPSA) is 25.8 Å². The maximum atomic E-state index is 5.01. The summed E-state index contributed by atoms with van der Waals surface area (Å²) in [5.41, 5.74) is 8.15. The van der Waals surface area contributed by atoms with Crippen molar-refractivity contribution in [1.29, 1.82) is 0 Å². The molecule has 0 saturated heterocycles. The lowest BCUT2D eigenvalue weighted by Crippen LogP contribution is -2.10. The van der Waals surface area contributed by atoms with Crippen LogP contribution in [-0.4, -0.2) is 9.97 Å². The fourth-order valence-electron chi connectivity index (χ4n) is 3.74. The van der Waals surface area contributed by atoms with Crippen LogP contribution in [0.2, 0.25) is 0 Å². The van der Waals surface area contributed by atoms with E-state index in [0.717, 1.165) is 45.7 Å². The summed E-state index contributed by atoms with van der Waals surface area (Å²) in [5, 5.41) is 0. The molecule has 0 atom stereocenters. The van der Waals surface area contributed by atoms with Gasteiger partial charge in [-0.05, 0) is 30.5 Å². The average molecular weight is 413 g/mol. The molecule has 1 aromatic heterocycles. The Morgan fingerprint density at radius 1 is 0.630 bits per heavy atom. The second-order valence-electron chi connectivity index (χ2n) is 6.75. The molecule has 0 unspecified atom stereocenters. The van der Waals surface area contributed by atoms with Gasteiger partial charge in [-0.2, -0.15) is 0 Å². The number of fused-ring (bicyclic) bond motifs is 3. The molecule has 5 rings (SSSR count). The monoisotopic (exact) mass is 412 g/mol. The molecule has 0 bridgehead atoms. The number of rotatable bonds is 2. The number of aryl methyl sites for hydroxylation is 1. The summed E-state index contributed by atoms with van der Waals surface area (Å²) in [6, 6.07) is 27.2. The van der Waals surface area contributed by atoms with Gasteiger partial charge in [0, 0.05) is 26.7 Å². The van der Waals surface area contributed by atoms with E-state index in [1.165, 1.54) is 16.7 Å². The second-order valence-corrected chi connectivity index (χ2v) is 7.67. The normalized spacial score (nSPS) is 12.3. The van der Waals surface area contributed by atoms with Crippen LogP contribution >= 0.6 is 15.9 Å². The molecule has 1 aliphatic carbocycles. The van der Waals surface area contributed by atoms with Crippen molar-refractivity contribution in [3.63, 3.8) is 0 Å². The lowest BCUT2D eigenvalue weighted by atomic mass is 9.87. The molecular weight excluding hydrogens is 396 g/mol. The first kappa shape index (κ1) is 16.4. The number of halogens is 1. The Labute approximate surface area is 167 Å². The highest BCUT2D eigenvalue weighted by Gasteiger charge is 2.23. The number of hydrogen-bond acceptors (Lipinski definition) is 2. The van der Waals surface area contributed by atoms with Gasteiger partial charge in [-0.25, -0.2) is 9.97 Å². The first-order chi connectivity index (χ1) is 13.3. The molecule has 0 fully saturated rings. The molecule has 130 valence electrons. The third-order valence-corrected chi connectivity index (χ3v) is 5.60. The molecule has 3 aromatic carbocycles. The SMILES string of the molecule is Brc1ccc(-c2nc(-c3ccccc3)c3c(n2)-c2ccccc2CC3)cc1. The van der Waals surface area contributed by atoms with Gasteiger partial charge in [0.05, 0.1) is 11.4 Å². The van der Waals surface area contributed by atoms with E-state index in [0.29, 0.717) is 0 Å². The highest BCUT2D eigenvalue weighted by atomic mass is 79.9. The van der Waals surface area contributed by atoms with Crippen molar-refractivity contribution in [2.45, 2.75) is 12.8 Å². The van der Waals surface area contributed by atoms with Crippen LogP contribution in [0.15, 0.2) is 83.3 Å². The molecule has 0 aliphatic heterocycles. The van der Waals surface area contributed by atoms with Crippen LogP contribution in [0.25, 0.3) is 33.9 Å². The van der Waals surface area contributed by atoms with Gasteiger partial charge in [0.25, 0.3) is 0 Å². The van der Waals surface area contributed by atoms with Crippen molar-refractivity contribution in [3.05, 3.63) is 94.5 Å². The smallest absolute Gasteiger partial charge is 0.160 e. The Balaban J connectivity index is 1.79. The van der Waals surface area contributed by atoms with Gasteiger partial charge in [0.1, 0.15) is 0 Å². The third-order valence-electron chi connectivity index (χ3n) is 5.07. The van der Waals surface area contributed by atoms with Crippen LogP contribution in [0.3, 0.4) is 0 Å². The van der Waals surface area contributed by atoms with Gasteiger partial charge in [-0.3, -0.25) is 0 Å². The van der Waals surface area contributed by atoms with E-state index < -0.39 is 0 Å². The van der Waals surface area contributed by atoms with Crippen molar-refractivity contribution < 1.29 is 0 Å². The summed E-state index contributed by atoms with van der Waals surface area (Å²) in [4.78, 5) is 10.0. The van der Waals surface area contributed by atoms with Gasteiger partial charge in [0.15, 0.2) is 5.82 Å². The predicted octanol–water partition coefficient (Wildman–Crippen LogP) is 6.34. The van der Waals surface area contributed by atoms with E-state index in [4.69, 9.17) is 9.97 Å². The standard InChI is InChI=1S/C24H17BrN2/c25-19-13-10-18(11-14-19)24-26-22(17-7-2-1-3-8-17)21-15-12-16-6-4-5-9-20(16)23(21)27-24/h1-11,13-14H,12,15H2. The lowest BCUT2D eigenvalue weighted by Gasteiger charge is -2.22. The van der Waals surface area contributed by atoms with E-state index in [-0.39, 0.29) is 0 Å². The summed E-state index contributed by atoms with van der Waals surface area (Å²) in [5.74, 6) is 0.775. The Morgan fingerprint density at radius 2 is 1.33 bits per heavy atom. The summed E-state index contributed by atoms with van der Waals surface area (Å²) < 4.78 is 1.05. The Morgan fingerprint density at radius 3 is 2.15 bits per heavy atom. The van der Waals surface area contributed by atoms with Crippen molar-refractivity contribution in [2.24, 2.45) is 0 Å². The largest absolute Gasteiger partial charge is 0.228 e. The number of aromatic nitrogens is 2. The first-order valence-corrected chi connectivity index (χ1v) is 9.89. The fraction of sp³-hybridized carbons (Fsp3) is 0.0833. The van der Waals surface area contributed by atoms with Crippen molar-refractivity contribution >= 4 is 15.9 Å². The molecule has 0 spiro atoms. The minimum atomic E-state index is 0.775. The Hall–Kier alpha value is -2.78. The fourth-order valence-corrected chi connectivity index (χ4v) is 4.00. The second kappa shape index (κ2) is 6.75. The molecule has 3 heteroatoms. The lowest BCUT2D eigenvalue weighted by molar-refractivity contribution is 0.916. The van der Waals surface area contributed by atoms with Gasteiger partial charge in [-0.1, -0.05) is 82.7 Å². The van der Waals surface area contributed by atoms with Crippen LogP contribution in [0.1, 0.15) is 11.1 Å². The Bertz CT molecular complexity index is 1100. The van der Waals surface area contributed by atoms with E-state index in [2.05, 4.69) is 76.6 Å². The van der Waals surface area contributed by atoms with Crippen molar-refractivity contribution in [2.75, 3.05) is 0 Å². The molecule has 0 N–H and O–H groups in total. The molecule has 2 nitrogen and oxygen atoms in total. The maximum Gasteiger partial charge on any atom is 0.160 e. The third kappa shape index (κ3) is 2.98. The molecule has 0 radical (unpaired) electrons. The van der Waals surface area contributed by atoms with Crippen LogP contribution < -0.4 is 0 Å². The molecule has 0 amide bonds. The molecular formula is C24H17BrN2. The number of nitrogens with zero attached hydrogens (tertiary/aromatic N) is 2. The van der Waals surface area contributed by atoms with Gasteiger partial charge in [-0.15, -0.1) is 0 Å². The first-order valence-electron chi connectivity index (χ1n) is 9.10. The summed E-state index contributed by atoms with van der Waals surface area (Å²) >= 11 is 3.51. The molecule has 1 aliphatic rings. The zero-order valence-corrected chi connectivity index (χ0v) is 16.3. The Kier molecular flexibility index (Phi) is 4.10. The van der Waals surface area contributed by atoms with Crippen molar-refractivity contribution in [1.82, 2.24) is 9.97 Å². The number of benzene rings is 3. The van der Waals surface area contributed by atoms with E-state index in [1.54, 1.807) is 0 Å².